The van der Waals surface area contributed by atoms with Gasteiger partial charge in [-0.25, -0.2) is 4.79 Å². The van der Waals surface area contributed by atoms with Gasteiger partial charge in [-0.3, -0.25) is 4.90 Å². The van der Waals surface area contributed by atoms with Crippen LogP contribution in [0.1, 0.15) is 16.8 Å². The number of nitrogens with zero attached hydrogens (tertiary/aromatic N) is 2. The molecule has 5 heteroatoms. The van der Waals surface area contributed by atoms with Gasteiger partial charge in [-0.2, -0.15) is 4.98 Å². The molecule has 0 saturated carbocycles. The minimum Gasteiger partial charge on any atom is -0.383 e. The second-order valence-corrected chi connectivity index (χ2v) is 4.83. The number of aromatic nitrogens is 2. The van der Waals surface area contributed by atoms with Gasteiger partial charge in [-0.15, -0.1) is 0 Å². The third-order valence-corrected chi connectivity index (χ3v) is 3.46. The molecule has 2 heterocycles. The number of H-pyrrole nitrogens is 1. The summed E-state index contributed by atoms with van der Waals surface area (Å²) in [6.45, 7) is 2.54. The van der Waals surface area contributed by atoms with Crippen LogP contribution in [0.3, 0.4) is 0 Å². The minimum absolute atomic E-state index is 0.354. The summed E-state index contributed by atoms with van der Waals surface area (Å²) in [5.74, 6) is 0.358. The average molecular weight is 256 g/mol. The Kier molecular flexibility index (Phi) is 3.05. The van der Waals surface area contributed by atoms with Gasteiger partial charge in [0.15, 0.2) is 0 Å². The topological polar surface area (TPSA) is 75.0 Å². The Balaban J connectivity index is 1.81. The van der Waals surface area contributed by atoms with Crippen LogP contribution in [0.25, 0.3) is 0 Å². The van der Waals surface area contributed by atoms with E-state index in [1.54, 1.807) is 0 Å². The van der Waals surface area contributed by atoms with Crippen molar-refractivity contribution in [3.8, 4) is 0 Å². The molecule has 0 spiro atoms. The maximum atomic E-state index is 11.3. The first-order chi connectivity index (χ1) is 9.22. The van der Waals surface area contributed by atoms with Gasteiger partial charge in [-0.05, 0) is 5.56 Å². The van der Waals surface area contributed by atoms with Gasteiger partial charge in [-0.1, -0.05) is 30.3 Å². The van der Waals surface area contributed by atoms with Crippen molar-refractivity contribution < 1.29 is 0 Å². The summed E-state index contributed by atoms with van der Waals surface area (Å²) in [5, 5.41) is 0. The number of benzene rings is 1. The number of hydrogen-bond donors (Lipinski definition) is 2. The first-order valence-corrected chi connectivity index (χ1v) is 6.36. The van der Waals surface area contributed by atoms with Gasteiger partial charge in [0.2, 0.25) is 0 Å². The van der Waals surface area contributed by atoms with Crippen LogP contribution in [0.4, 0.5) is 5.82 Å². The van der Waals surface area contributed by atoms with Crippen molar-refractivity contribution >= 4 is 5.82 Å². The highest BCUT2D eigenvalue weighted by molar-refractivity contribution is 5.42. The van der Waals surface area contributed by atoms with Gasteiger partial charge >= 0.3 is 5.69 Å². The molecule has 19 heavy (non-hydrogen) atoms. The lowest BCUT2D eigenvalue weighted by Crippen LogP contribution is -2.33. The van der Waals surface area contributed by atoms with E-state index >= 15 is 0 Å². The van der Waals surface area contributed by atoms with E-state index < -0.39 is 0 Å². The van der Waals surface area contributed by atoms with Crippen LogP contribution in [0.2, 0.25) is 0 Å². The Labute approximate surface area is 111 Å². The highest BCUT2D eigenvalue weighted by atomic mass is 16.1. The summed E-state index contributed by atoms with van der Waals surface area (Å²) in [6, 6.07) is 10.3. The molecule has 1 aromatic carbocycles. The molecule has 0 aliphatic carbocycles. The van der Waals surface area contributed by atoms with Crippen molar-refractivity contribution in [2.75, 3.05) is 12.3 Å². The number of hydrogen-bond acceptors (Lipinski definition) is 4. The summed E-state index contributed by atoms with van der Waals surface area (Å²) in [5.41, 5.74) is 8.66. The van der Waals surface area contributed by atoms with Crippen molar-refractivity contribution in [3.63, 3.8) is 0 Å². The minimum atomic E-state index is -0.354. The monoisotopic (exact) mass is 256 g/mol. The second-order valence-electron chi connectivity index (χ2n) is 4.83. The number of anilines is 1. The van der Waals surface area contributed by atoms with Crippen molar-refractivity contribution in [2.24, 2.45) is 0 Å². The van der Waals surface area contributed by atoms with Crippen molar-refractivity contribution in [3.05, 3.63) is 57.6 Å². The molecule has 3 rings (SSSR count). The lowest BCUT2D eigenvalue weighted by atomic mass is 10.1. The summed E-state index contributed by atoms with van der Waals surface area (Å²) >= 11 is 0. The highest BCUT2D eigenvalue weighted by Gasteiger charge is 2.20. The van der Waals surface area contributed by atoms with Crippen molar-refractivity contribution in [1.29, 1.82) is 0 Å². The third kappa shape index (κ3) is 2.51. The van der Waals surface area contributed by atoms with Crippen LogP contribution in [0.5, 0.6) is 0 Å². The van der Waals surface area contributed by atoms with Gasteiger partial charge < -0.3 is 10.7 Å². The predicted octanol–water partition coefficient (Wildman–Crippen LogP) is 0.910. The first kappa shape index (κ1) is 11.9. The predicted molar refractivity (Wildman–Crippen MR) is 73.5 cm³/mol. The SMILES string of the molecule is Nc1nc(=O)[nH]c2c1CN(Cc1ccccc1)CC2. The smallest absolute Gasteiger partial charge is 0.347 e. The molecule has 0 unspecified atom stereocenters. The number of aromatic amines is 1. The molecule has 0 amide bonds. The summed E-state index contributed by atoms with van der Waals surface area (Å²) in [7, 11) is 0. The van der Waals surface area contributed by atoms with E-state index in [2.05, 4.69) is 27.0 Å². The Hall–Kier alpha value is -2.14. The van der Waals surface area contributed by atoms with Crippen LogP contribution in [-0.4, -0.2) is 21.4 Å². The van der Waals surface area contributed by atoms with Gasteiger partial charge in [0.05, 0.1) is 0 Å². The lowest BCUT2D eigenvalue weighted by molar-refractivity contribution is 0.243. The van der Waals surface area contributed by atoms with Crippen molar-refractivity contribution in [2.45, 2.75) is 19.5 Å². The molecule has 3 N–H and O–H groups in total. The Bertz CT molecular complexity index is 636. The fourth-order valence-electron chi connectivity index (χ4n) is 2.50. The van der Waals surface area contributed by atoms with E-state index in [0.717, 1.165) is 37.3 Å². The standard InChI is InChI=1S/C14H16N4O/c15-13-11-9-18(8-10-4-2-1-3-5-10)7-6-12(11)16-14(19)17-13/h1-5H,6-9H2,(H3,15,16,17,19). The molecular formula is C14H16N4O. The number of fused-ring (bicyclic) bond motifs is 1. The number of nitrogens with one attached hydrogen (secondary N) is 1. The quantitative estimate of drug-likeness (QED) is 0.837. The maximum absolute atomic E-state index is 11.3. The molecule has 0 fully saturated rings. The molecule has 2 aromatic rings. The zero-order valence-electron chi connectivity index (χ0n) is 10.6. The fraction of sp³-hybridized carbons (Fsp3) is 0.286. The highest BCUT2D eigenvalue weighted by Crippen LogP contribution is 2.21. The van der Waals surface area contributed by atoms with Gasteiger partial charge in [0.1, 0.15) is 5.82 Å². The molecule has 5 nitrogen and oxygen atoms in total. The fourth-order valence-corrected chi connectivity index (χ4v) is 2.50. The lowest BCUT2D eigenvalue weighted by Gasteiger charge is -2.28. The van der Waals surface area contributed by atoms with Gasteiger partial charge in [0, 0.05) is 37.3 Å². The summed E-state index contributed by atoms with van der Waals surface area (Å²) < 4.78 is 0. The summed E-state index contributed by atoms with van der Waals surface area (Å²) in [6.07, 6.45) is 0.810. The number of nitrogens with two attached hydrogens (primary N) is 1. The van der Waals surface area contributed by atoms with E-state index in [-0.39, 0.29) is 5.69 Å². The van der Waals surface area contributed by atoms with E-state index in [0.29, 0.717) is 5.82 Å². The third-order valence-electron chi connectivity index (χ3n) is 3.46. The zero-order valence-corrected chi connectivity index (χ0v) is 10.6. The maximum Gasteiger partial charge on any atom is 0.347 e. The molecule has 0 atom stereocenters. The molecule has 1 aromatic heterocycles. The largest absolute Gasteiger partial charge is 0.383 e. The Morgan fingerprint density at radius 2 is 2.11 bits per heavy atom. The van der Waals surface area contributed by atoms with Crippen LogP contribution in [-0.2, 0) is 19.5 Å². The van der Waals surface area contributed by atoms with Crippen LogP contribution in [0.15, 0.2) is 35.1 Å². The van der Waals surface area contributed by atoms with Crippen LogP contribution in [0, 0.1) is 0 Å². The van der Waals surface area contributed by atoms with Crippen molar-refractivity contribution in [1.82, 2.24) is 14.9 Å². The van der Waals surface area contributed by atoms with E-state index in [9.17, 15) is 4.79 Å². The van der Waals surface area contributed by atoms with E-state index in [4.69, 9.17) is 5.73 Å². The normalized spacial score (nSPS) is 15.2. The molecule has 1 aliphatic rings. The molecule has 0 saturated heterocycles. The molecule has 1 aliphatic heterocycles. The van der Waals surface area contributed by atoms with Gasteiger partial charge in [0.25, 0.3) is 0 Å². The molecule has 0 radical (unpaired) electrons. The van der Waals surface area contributed by atoms with Crippen LogP contribution >= 0.6 is 0 Å². The Morgan fingerprint density at radius 1 is 1.32 bits per heavy atom. The van der Waals surface area contributed by atoms with E-state index in [1.807, 2.05) is 18.2 Å². The average Bonchev–Trinajstić information content (AvgIpc) is 2.40. The number of nitrogen functional groups attached to an aromatic ring is 1. The van der Waals surface area contributed by atoms with Crippen LogP contribution < -0.4 is 11.4 Å². The second kappa shape index (κ2) is 4.85. The Morgan fingerprint density at radius 3 is 2.89 bits per heavy atom. The first-order valence-electron chi connectivity index (χ1n) is 6.36. The zero-order chi connectivity index (χ0) is 13.2. The molecule has 0 bridgehead atoms. The van der Waals surface area contributed by atoms with E-state index in [1.165, 1.54) is 5.56 Å². The number of rotatable bonds is 2. The summed E-state index contributed by atoms with van der Waals surface area (Å²) in [4.78, 5) is 20.1. The molecule has 98 valence electrons. The molecular weight excluding hydrogens is 240 g/mol.